The molecule has 0 aromatic heterocycles. The van der Waals surface area contributed by atoms with Crippen molar-refractivity contribution in [2.75, 3.05) is 11.9 Å². The monoisotopic (exact) mass is 350 g/mol. The van der Waals surface area contributed by atoms with E-state index in [0.29, 0.717) is 6.54 Å². The second kappa shape index (κ2) is 6.53. The van der Waals surface area contributed by atoms with E-state index in [2.05, 4.69) is 5.32 Å². The van der Waals surface area contributed by atoms with Gasteiger partial charge in [0.05, 0.1) is 8.49 Å². The van der Waals surface area contributed by atoms with Gasteiger partial charge in [0.1, 0.15) is 11.5 Å². The summed E-state index contributed by atoms with van der Waals surface area (Å²) in [6.45, 7) is 2.43. The van der Waals surface area contributed by atoms with E-state index in [1.54, 1.807) is 22.6 Å². The first kappa shape index (κ1) is 13.9. The van der Waals surface area contributed by atoms with E-state index in [1.807, 2.05) is 19.1 Å². The minimum absolute atomic E-state index is 0.101. The normalized spacial score (nSPS) is 10.8. The van der Waals surface area contributed by atoms with Gasteiger partial charge in [-0.3, -0.25) is 10.1 Å². The lowest BCUT2D eigenvalue weighted by Crippen LogP contribution is -2.04. The second-order valence-corrected chi connectivity index (χ2v) is 4.49. The summed E-state index contributed by atoms with van der Waals surface area (Å²) in [6, 6.07) is 2.39. The zero-order valence-electron chi connectivity index (χ0n) is 9.24. The minimum atomic E-state index is -0.514. The molecule has 0 saturated carbocycles. The lowest BCUT2D eigenvalue weighted by atomic mass is 10.2. The molecule has 0 saturated heterocycles. The molecule has 4 nitrogen and oxygen atoms in total. The highest BCUT2D eigenvalue weighted by Crippen LogP contribution is 2.28. The van der Waals surface area contributed by atoms with Gasteiger partial charge in [0, 0.05) is 18.7 Å². The number of nitro groups is 1. The van der Waals surface area contributed by atoms with Crippen molar-refractivity contribution in [1.82, 2.24) is 0 Å². The molecule has 0 heterocycles. The molecule has 1 N–H and O–H groups in total. The van der Waals surface area contributed by atoms with Crippen molar-refractivity contribution in [1.29, 1.82) is 0 Å². The van der Waals surface area contributed by atoms with E-state index in [-0.39, 0.29) is 14.9 Å². The Kier molecular flexibility index (Phi) is 5.33. The first-order valence-electron chi connectivity index (χ1n) is 5.04. The highest BCUT2D eigenvalue weighted by Gasteiger charge is 2.16. The summed E-state index contributed by atoms with van der Waals surface area (Å²) in [5, 5.41) is 13.7. The molecule has 92 valence electrons. The van der Waals surface area contributed by atoms with Crippen molar-refractivity contribution in [3.63, 3.8) is 0 Å². The molecule has 0 aliphatic rings. The lowest BCUT2D eigenvalue weighted by molar-refractivity contribution is -0.384. The van der Waals surface area contributed by atoms with Gasteiger partial charge in [-0.1, -0.05) is 12.2 Å². The number of allylic oxidation sites excluding steroid dienone is 1. The van der Waals surface area contributed by atoms with E-state index in [4.69, 9.17) is 0 Å². The molecule has 1 rings (SSSR count). The second-order valence-electron chi connectivity index (χ2n) is 3.33. The fourth-order valence-corrected chi connectivity index (χ4v) is 1.74. The van der Waals surface area contributed by atoms with E-state index in [9.17, 15) is 14.5 Å². The highest BCUT2D eigenvalue weighted by molar-refractivity contribution is 14.1. The minimum Gasteiger partial charge on any atom is -0.379 e. The first-order chi connectivity index (χ1) is 8.06. The lowest BCUT2D eigenvalue weighted by Gasteiger charge is -2.06. The Labute approximate surface area is 112 Å². The van der Waals surface area contributed by atoms with Crippen LogP contribution in [0.4, 0.5) is 15.8 Å². The Hall–Kier alpha value is -1.18. The summed E-state index contributed by atoms with van der Waals surface area (Å²) in [4.78, 5) is 10.3. The van der Waals surface area contributed by atoms with Crippen LogP contribution in [0.5, 0.6) is 0 Å². The number of anilines is 1. The van der Waals surface area contributed by atoms with Crippen LogP contribution >= 0.6 is 22.6 Å². The molecule has 0 aliphatic carbocycles. The molecule has 1 aromatic carbocycles. The van der Waals surface area contributed by atoms with Crippen molar-refractivity contribution < 1.29 is 9.31 Å². The van der Waals surface area contributed by atoms with E-state index >= 15 is 0 Å². The summed E-state index contributed by atoms with van der Waals surface area (Å²) in [7, 11) is 0. The predicted molar refractivity (Wildman–Crippen MR) is 73.7 cm³/mol. The number of halogens is 2. The molecular formula is C11H12FIN2O2. The summed E-state index contributed by atoms with van der Waals surface area (Å²) in [5.74, 6) is -0.454. The van der Waals surface area contributed by atoms with Gasteiger partial charge >= 0.3 is 0 Å². The van der Waals surface area contributed by atoms with Gasteiger partial charge in [-0.2, -0.15) is 0 Å². The van der Waals surface area contributed by atoms with Crippen LogP contribution < -0.4 is 5.32 Å². The number of rotatable bonds is 5. The van der Waals surface area contributed by atoms with Crippen LogP contribution in [-0.4, -0.2) is 11.5 Å². The zero-order valence-corrected chi connectivity index (χ0v) is 11.4. The van der Waals surface area contributed by atoms with Crippen LogP contribution in [0.3, 0.4) is 0 Å². The van der Waals surface area contributed by atoms with Gasteiger partial charge in [-0.25, -0.2) is 4.39 Å². The molecule has 17 heavy (non-hydrogen) atoms. The molecule has 0 unspecified atom stereocenters. The number of nitro benzene ring substituents is 1. The number of hydrogen-bond acceptors (Lipinski definition) is 3. The largest absolute Gasteiger partial charge is 0.379 e. The zero-order chi connectivity index (χ0) is 12.8. The van der Waals surface area contributed by atoms with Gasteiger partial charge in [0.25, 0.3) is 5.69 Å². The van der Waals surface area contributed by atoms with Crippen LogP contribution in [0.1, 0.15) is 13.3 Å². The molecule has 1 aromatic rings. The highest BCUT2D eigenvalue weighted by atomic mass is 127. The van der Waals surface area contributed by atoms with Gasteiger partial charge in [0.2, 0.25) is 0 Å². The molecule has 0 bridgehead atoms. The molecule has 0 aliphatic heterocycles. The summed E-state index contributed by atoms with van der Waals surface area (Å²) >= 11 is 1.73. The maximum Gasteiger partial charge on any atom is 0.293 e. The molecule has 0 fully saturated rings. The summed E-state index contributed by atoms with van der Waals surface area (Å²) in [5.41, 5.74) is 0.119. The maximum atomic E-state index is 13.3. The van der Waals surface area contributed by atoms with Crippen LogP contribution in [0.2, 0.25) is 0 Å². The number of hydrogen-bond donors (Lipinski definition) is 1. The molecular weight excluding hydrogens is 338 g/mol. The Bertz CT molecular complexity index is 449. The molecule has 0 amide bonds. The van der Waals surface area contributed by atoms with Gasteiger partial charge in [-0.05, 0) is 35.9 Å². The fourth-order valence-electron chi connectivity index (χ4n) is 1.29. The Balaban J connectivity index is 2.88. The van der Waals surface area contributed by atoms with Crippen molar-refractivity contribution >= 4 is 34.0 Å². The van der Waals surface area contributed by atoms with E-state index in [0.717, 1.165) is 12.5 Å². The molecule has 0 atom stereocenters. The standard InChI is InChI=1S/C11H12FIN2O2/c1-2-3-4-5-14-10-6-8(12)9(13)7-11(10)15(16)17/h2-3,6-7,14H,4-5H2,1H3/b3-2+. The van der Waals surface area contributed by atoms with E-state index in [1.165, 1.54) is 6.07 Å². The average Bonchev–Trinajstić information content (AvgIpc) is 2.28. The van der Waals surface area contributed by atoms with Crippen LogP contribution in [-0.2, 0) is 0 Å². The summed E-state index contributed by atoms with van der Waals surface area (Å²) < 4.78 is 13.6. The van der Waals surface area contributed by atoms with Crippen molar-refractivity contribution in [2.24, 2.45) is 0 Å². The van der Waals surface area contributed by atoms with Crippen LogP contribution in [0, 0.1) is 19.5 Å². The SMILES string of the molecule is C/C=C/CCNc1cc(F)c(I)cc1[N+](=O)[O-]. The van der Waals surface area contributed by atoms with Gasteiger partial charge in [0.15, 0.2) is 0 Å². The maximum absolute atomic E-state index is 13.3. The molecule has 6 heteroatoms. The molecule has 0 spiro atoms. The smallest absolute Gasteiger partial charge is 0.293 e. The summed E-state index contributed by atoms with van der Waals surface area (Å²) in [6.07, 6.45) is 4.56. The quantitative estimate of drug-likeness (QED) is 0.290. The number of nitrogens with one attached hydrogen (secondary N) is 1. The Morgan fingerprint density at radius 3 is 2.88 bits per heavy atom. The van der Waals surface area contributed by atoms with Gasteiger partial charge in [-0.15, -0.1) is 0 Å². The third-order valence-corrected chi connectivity index (χ3v) is 2.92. The van der Waals surface area contributed by atoms with Crippen LogP contribution in [0.25, 0.3) is 0 Å². The predicted octanol–water partition coefficient (Wildman–Crippen LogP) is 3.72. The van der Waals surface area contributed by atoms with Crippen LogP contribution in [0.15, 0.2) is 24.3 Å². The topological polar surface area (TPSA) is 55.2 Å². The average molecular weight is 350 g/mol. The number of nitrogens with zero attached hydrogens (tertiary/aromatic N) is 1. The number of benzene rings is 1. The third-order valence-electron chi connectivity index (χ3n) is 2.10. The van der Waals surface area contributed by atoms with Crippen molar-refractivity contribution in [2.45, 2.75) is 13.3 Å². The Morgan fingerprint density at radius 2 is 2.29 bits per heavy atom. The molecule has 0 radical (unpaired) electrons. The Morgan fingerprint density at radius 1 is 1.59 bits per heavy atom. The van der Waals surface area contributed by atoms with E-state index < -0.39 is 10.7 Å². The van der Waals surface area contributed by atoms with Crippen molar-refractivity contribution in [3.05, 3.63) is 43.8 Å². The van der Waals surface area contributed by atoms with Gasteiger partial charge < -0.3 is 5.32 Å². The first-order valence-corrected chi connectivity index (χ1v) is 6.12. The fraction of sp³-hybridized carbons (Fsp3) is 0.273. The third kappa shape index (κ3) is 3.95. The van der Waals surface area contributed by atoms with Crippen molar-refractivity contribution in [3.8, 4) is 0 Å².